The molecule has 1 fully saturated rings. The van der Waals surface area contributed by atoms with E-state index in [1.807, 2.05) is 19.1 Å². The molecular formula is C12H18N4O. The molecule has 3 N–H and O–H groups in total. The monoisotopic (exact) mass is 234 g/mol. The number of hydrogen-bond acceptors (Lipinski definition) is 4. The molecule has 0 radical (unpaired) electrons. The number of oxime groups is 1. The second kappa shape index (κ2) is 4.61. The van der Waals surface area contributed by atoms with Crippen molar-refractivity contribution < 1.29 is 5.21 Å². The van der Waals surface area contributed by atoms with Gasteiger partial charge in [0, 0.05) is 24.3 Å². The van der Waals surface area contributed by atoms with Gasteiger partial charge in [-0.1, -0.05) is 12.1 Å². The molecule has 1 aliphatic heterocycles. The van der Waals surface area contributed by atoms with Crippen molar-refractivity contribution in [2.45, 2.75) is 20.3 Å². The van der Waals surface area contributed by atoms with Crippen molar-refractivity contribution in [3.05, 3.63) is 23.4 Å². The molecule has 0 aromatic carbocycles. The minimum atomic E-state index is 0.129. The highest BCUT2D eigenvalue weighted by Gasteiger charge is 2.20. The highest BCUT2D eigenvalue weighted by molar-refractivity contribution is 5.97. The summed E-state index contributed by atoms with van der Waals surface area (Å²) in [5.41, 5.74) is 7.21. The molecule has 2 heterocycles. The lowest BCUT2D eigenvalue weighted by atomic mass is 10.2. The lowest BCUT2D eigenvalue weighted by Gasteiger charge is -2.18. The van der Waals surface area contributed by atoms with Gasteiger partial charge in [-0.2, -0.15) is 0 Å². The lowest BCUT2D eigenvalue weighted by Crippen LogP contribution is -2.22. The molecule has 1 aromatic heterocycles. The summed E-state index contributed by atoms with van der Waals surface area (Å²) in [5.74, 6) is 1.74. The zero-order valence-corrected chi connectivity index (χ0v) is 10.2. The second-order valence-corrected chi connectivity index (χ2v) is 4.68. The van der Waals surface area contributed by atoms with E-state index < -0.39 is 0 Å². The van der Waals surface area contributed by atoms with Crippen molar-refractivity contribution in [2.75, 3.05) is 18.0 Å². The average molecular weight is 234 g/mol. The van der Waals surface area contributed by atoms with E-state index in [0.717, 1.165) is 30.2 Å². The predicted molar refractivity (Wildman–Crippen MR) is 67.5 cm³/mol. The molecule has 1 atom stereocenters. The number of anilines is 1. The minimum Gasteiger partial charge on any atom is -0.409 e. The topological polar surface area (TPSA) is 74.7 Å². The first-order chi connectivity index (χ1) is 8.10. The molecule has 0 aliphatic carbocycles. The van der Waals surface area contributed by atoms with Crippen molar-refractivity contribution >= 4 is 11.7 Å². The zero-order chi connectivity index (χ0) is 12.4. The minimum absolute atomic E-state index is 0.129. The third kappa shape index (κ3) is 2.49. The summed E-state index contributed by atoms with van der Waals surface area (Å²) in [5, 5.41) is 11.7. The fourth-order valence-electron chi connectivity index (χ4n) is 2.16. The van der Waals surface area contributed by atoms with Gasteiger partial charge in [0.15, 0.2) is 5.84 Å². The van der Waals surface area contributed by atoms with Crippen LogP contribution in [0.15, 0.2) is 17.3 Å². The first-order valence-corrected chi connectivity index (χ1v) is 5.81. The summed E-state index contributed by atoms with van der Waals surface area (Å²) < 4.78 is 0. The van der Waals surface area contributed by atoms with E-state index in [4.69, 9.17) is 10.9 Å². The molecule has 1 aromatic rings. The number of rotatable bonds is 2. The lowest BCUT2D eigenvalue weighted by molar-refractivity contribution is 0.318. The molecule has 5 nitrogen and oxygen atoms in total. The third-order valence-corrected chi connectivity index (χ3v) is 3.09. The first kappa shape index (κ1) is 11.7. The van der Waals surface area contributed by atoms with Crippen LogP contribution >= 0.6 is 0 Å². The molecule has 5 heteroatoms. The Bertz CT molecular complexity index is 444. The van der Waals surface area contributed by atoms with Gasteiger partial charge in [-0.05, 0) is 31.4 Å². The first-order valence-electron chi connectivity index (χ1n) is 5.81. The smallest absolute Gasteiger partial charge is 0.170 e. The van der Waals surface area contributed by atoms with E-state index >= 15 is 0 Å². The van der Waals surface area contributed by atoms with Crippen molar-refractivity contribution in [1.82, 2.24) is 4.98 Å². The van der Waals surface area contributed by atoms with Gasteiger partial charge in [0.25, 0.3) is 0 Å². The van der Waals surface area contributed by atoms with Crippen LogP contribution in [0, 0.1) is 12.8 Å². The summed E-state index contributed by atoms with van der Waals surface area (Å²) in [6, 6.07) is 3.69. The van der Waals surface area contributed by atoms with Gasteiger partial charge in [-0.25, -0.2) is 4.98 Å². The van der Waals surface area contributed by atoms with E-state index in [-0.39, 0.29) is 5.84 Å². The average Bonchev–Trinajstić information content (AvgIpc) is 2.74. The van der Waals surface area contributed by atoms with Gasteiger partial charge in [-0.3, -0.25) is 0 Å². The second-order valence-electron chi connectivity index (χ2n) is 4.68. The van der Waals surface area contributed by atoms with E-state index in [2.05, 4.69) is 22.0 Å². The van der Waals surface area contributed by atoms with Gasteiger partial charge in [-0.15, -0.1) is 0 Å². The van der Waals surface area contributed by atoms with Crippen molar-refractivity contribution in [3.63, 3.8) is 0 Å². The Balaban J connectivity index is 2.32. The van der Waals surface area contributed by atoms with Crippen LogP contribution < -0.4 is 10.6 Å². The van der Waals surface area contributed by atoms with E-state index in [9.17, 15) is 0 Å². The van der Waals surface area contributed by atoms with E-state index in [1.165, 1.54) is 6.42 Å². The molecular weight excluding hydrogens is 216 g/mol. The highest BCUT2D eigenvalue weighted by atomic mass is 16.4. The summed E-state index contributed by atoms with van der Waals surface area (Å²) in [6.07, 6.45) is 1.19. The van der Waals surface area contributed by atoms with Crippen molar-refractivity contribution in [1.29, 1.82) is 0 Å². The Labute approximate surface area is 101 Å². The van der Waals surface area contributed by atoms with Crippen LogP contribution in [0.4, 0.5) is 5.82 Å². The quantitative estimate of drug-likeness (QED) is 0.350. The Morgan fingerprint density at radius 1 is 1.59 bits per heavy atom. The van der Waals surface area contributed by atoms with Gasteiger partial charge in [0.05, 0.1) is 0 Å². The molecule has 17 heavy (non-hydrogen) atoms. The molecule has 0 bridgehead atoms. The van der Waals surface area contributed by atoms with E-state index in [1.54, 1.807) is 0 Å². The standard InChI is InChI=1S/C12H18N4O/c1-8-3-4-16(7-8)11-6-10(12(13)15-17)5-9(2)14-11/h5-6,8,17H,3-4,7H2,1-2H3,(H2,13,15). The van der Waals surface area contributed by atoms with Crippen molar-refractivity contribution in [2.24, 2.45) is 16.8 Å². The van der Waals surface area contributed by atoms with Gasteiger partial charge >= 0.3 is 0 Å². The molecule has 0 saturated carbocycles. The maximum absolute atomic E-state index is 8.71. The Morgan fingerprint density at radius 3 is 2.94 bits per heavy atom. The number of aromatic nitrogens is 1. The van der Waals surface area contributed by atoms with Crippen LogP contribution in [-0.4, -0.2) is 29.1 Å². The molecule has 1 unspecified atom stereocenters. The van der Waals surface area contributed by atoms with Gasteiger partial charge < -0.3 is 15.8 Å². The van der Waals surface area contributed by atoms with Crippen LogP contribution in [0.2, 0.25) is 0 Å². The maximum atomic E-state index is 8.71. The number of amidine groups is 1. The number of aryl methyl sites for hydroxylation is 1. The molecule has 0 spiro atoms. The molecule has 2 rings (SSSR count). The fourth-order valence-corrected chi connectivity index (χ4v) is 2.16. The normalized spacial score (nSPS) is 20.9. The SMILES string of the molecule is Cc1cc(/C(N)=N/O)cc(N2CCC(C)C2)n1. The number of nitrogens with two attached hydrogens (primary N) is 1. The zero-order valence-electron chi connectivity index (χ0n) is 10.2. The summed E-state index contributed by atoms with van der Waals surface area (Å²) >= 11 is 0. The molecule has 1 saturated heterocycles. The van der Waals surface area contributed by atoms with Crippen LogP contribution in [0.3, 0.4) is 0 Å². The summed E-state index contributed by atoms with van der Waals surface area (Å²) in [6.45, 7) is 6.19. The Morgan fingerprint density at radius 2 is 2.35 bits per heavy atom. The predicted octanol–water partition coefficient (Wildman–Crippen LogP) is 1.33. The Kier molecular flexibility index (Phi) is 3.17. The Hall–Kier alpha value is -1.78. The van der Waals surface area contributed by atoms with E-state index in [0.29, 0.717) is 5.92 Å². The molecule has 92 valence electrons. The van der Waals surface area contributed by atoms with Crippen LogP contribution in [0.25, 0.3) is 0 Å². The van der Waals surface area contributed by atoms with Gasteiger partial charge in [0.2, 0.25) is 0 Å². The highest BCUT2D eigenvalue weighted by Crippen LogP contribution is 2.23. The van der Waals surface area contributed by atoms with Crippen LogP contribution in [0.5, 0.6) is 0 Å². The van der Waals surface area contributed by atoms with Gasteiger partial charge in [0.1, 0.15) is 5.82 Å². The number of hydrogen-bond donors (Lipinski definition) is 2. The van der Waals surface area contributed by atoms with Crippen LogP contribution in [-0.2, 0) is 0 Å². The fraction of sp³-hybridized carbons (Fsp3) is 0.500. The largest absolute Gasteiger partial charge is 0.409 e. The third-order valence-electron chi connectivity index (χ3n) is 3.09. The summed E-state index contributed by atoms with van der Waals surface area (Å²) in [7, 11) is 0. The number of pyridine rings is 1. The maximum Gasteiger partial charge on any atom is 0.170 e. The summed E-state index contributed by atoms with van der Waals surface area (Å²) in [4.78, 5) is 6.74. The van der Waals surface area contributed by atoms with Crippen LogP contribution in [0.1, 0.15) is 24.6 Å². The molecule has 0 amide bonds. The number of nitrogens with zero attached hydrogens (tertiary/aromatic N) is 3. The molecule has 1 aliphatic rings. The van der Waals surface area contributed by atoms with Crippen molar-refractivity contribution in [3.8, 4) is 0 Å².